The summed E-state index contributed by atoms with van der Waals surface area (Å²) in [6, 6.07) is 16.6. The van der Waals surface area contributed by atoms with E-state index in [1.54, 1.807) is 12.1 Å². The molecule has 0 aromatic heterocycles. The molecule has 0 radical (unpaired) electrons. The highest BCUT2D eigenvalue weighted by Crippen LogP contribution is 2.17. The number of hydrogen-bond acceptors (Lipinski definition) is 4. The number of benzene rings is 2. The van der Waals surface area contributed by atoms with E-state index in [0.29, 0.717) is 5.02 Å². The van der Waals surface area contributed by atoms with E-state index in [1.807, 2.05) is 49.4 Å². The summed E-state index contributed by atoms with van der Waals surface area (Å²) in [6.45, 7) is 1.57. The highest BCUT2D eigenvalue weighted by molar-refractivity contribution is 8.00. The average molecular weight is 364 g/mol. The average Bonchev–Trinajstić information content (AvgIpc) is 2.59. The second-order valence-electron chi connectivity index (χ2n) is 5.10. The van der Waals surface area contributed by atoms with Crippen LogP contribution in [0.4, 0.5) is 0 Å². The van der Waals surface area contributed by atoms with Crippen LogP contribution in [0.3, 0.4) is 0 Å². The molecular formula is C18H18ClNO3S. The number of carbonyl (C=O) groups is 2. The van der Waals surface area contributed by atoms with Crippen molar-refractivity contribution in [2.24, 2.45) is 0 Å². The summed E-state index contributed by atoms with van der Waals surface area (Å²) >= 11 is 7.21. The Bertz CT molecular complexity index is 676. The number of amides is 1. The van der Waals surface area contributed by atoms with Crippen molar-refractivity contribution in [3.05, 3.63) is 65.2 Å². The fourth-order valence-corrected chi connectivity index (χ4v) is 2.81. The van der Waals surface area contributed by atoms with Gasteiger partial charge in [0, 0.05) is 9.92 Å². The Morgan fingerprint density at radius 1 is 1.12 bits per heavy atom. The van der Waals surface area contributed by atoms with Gasteiger partial charge < -0.3 is 10.1 Å². The van der Waals surface area contributed by atoms with Crippen LogP contribution in [0.25, 0.3) is 0 Å². The molecule has 0 aliphatic heterocycles. The highest BCUT2D eigenvalue weighted by atomic mass is 35.5. The second kappa shape index (κ2) is 9.35. The molecule has 24 heavy (non-hydrogen) atoms. The number of ether oxygens (including phenoxy) is 1. The van der Waals surface area contributed by atoms with Crippen molar-refractivity contribution in [3.63, 3.8) is 0 Å². The van der Waals surface area contributed by atoms with Crippen molar-refractivity contribution in [1.29, 1.82) is 0 Å². The van der Waals surface area contributed by atoms with Gasteiger partial charge in [-0.2, -0.15) is 0 Å². The van der Waals surface area contributed by atoms with Gasteiger partial charge in [-0.1, -0.05) is 41.9 Å². The Balaban J connectivity index is 1.70. The normalized spacial score (nSPS) is 11.6. The van der Waals surface area contributed by atoms with Crippen LogP contribution in [-0.4, -0.2) is 24.2 Å². The zero-order valence-electron chi connectivity index (χ0n) is 13.2. The first-order valence-corrected chi connectivity index (χ1v) is 8.79. The SMILES string of the molecule is C[C@@H](NC(=O)COC(=O)CSc1ccccc1)c1ccc(Cl)cc1. The van der Waals surface area contributed by atoms with Gasteiger partial charge in [-0.15, -0.1) is 11.8 Å². The molecule has 0 spiro atoms. The maximum atomic E-state index is 11.9. The summed E-state index contributed by atoms with van der Waals surface area (Å²) in [5.74, 6) is -0.585. The fourth-order valence-electron chi connectivity index (χ4n) is 1.96. The largest absolute Gasteiger partial charge is 0.455 e. The Morgan fingerprint density at radius 2 is 1.79 bits per heavy atom. The van der Waals surface area contributed by atoms with Gasteiger partial charge in [0.15, 0.2) is 6.61 Å². The lowest BCUT2D eigenvalue weighted by atomic mass is 10.1. The minimum atomic E-state index is -0.418. The van der Waals surface area contributed by atoms with E-state index in [4.69, 9.17) is 16.3 Å². The first kappa shape index (κ1) is 18.4. The van der Waals surface area contributed by atoms with Crippen LogP contribution >= 0.6 is 23.4 Å². The Labute approximate surface area is 150 Å². The lowest BCUT2D eigenvalue weighted by Gasteiger charge is -2.14. The molecule has 0 saturated heterocycles. The van der Waals surface area contributed by atoms with E-state index < -0.39 is 5.97 Å². The molecule has 0 fully saturated rings. The molecule has 4 nitrogen and oxygen atoms in total. The number of rotatable bonds is 7. The van der Waals surface area contributed by atoms with Crippen molar-refractivity contribution in [1.82, 2.24) is 5.32 Å². The van der Waals surface area contributed by atoms with Gasteiger partial charge in [0.25, 0.3) is 5.91 Å². The summed E-state index contributed by atoms with van der Waals surface area (Å²) in [7, 11) is 0. The van der Waals surface area contributed by atoms with E-state index in [1.165, 1.54) is 11.8 Å². The number of nitrogens with one attached hydrogen (secondary N) is 1. The number of halogens is 1. The lowest BCUT2D eigenvalue weighted by Crippen LogP contribution is -2.31. The first-order valence-electron chi connectivity index (χ1n) is 7.43. The molecule has 0 heterocycles. The molecule has 2 aromatic carbocycles. The van der Waals surface area contributed by atoms with Gasteiger partial charge in [-0.3, -0.25) is 9.59 Å². The van der Waals surface area contributed by atoms with Crippen molar-refractivity contribution in [3.8, 4) is 0 Å². The minimum Gasteiger partial charge on any atom is -0.455 e. The van der Waals surface area contributed by atoms with Crippen LogP contribution < -0.4 is 5.32 Å². The minimum absolute atomic E-state index is 0.171. The number of carbonyl (C=O) groups excluding carboxylic acids is 2. The molecule has 1 N–H and O–H groups in total. The number of thioether (sulfide) groups is 1. The highest BCUT2D eigenvalue weighted by Gasteiger charge is 2.12. The summed E-state index contributed by atoms with van der Waals surface area (Å²) in [5, 5.41) is 3.42. The van der Waals surface area contributed by atoms with Crippen molar-refractivity contribution in [2.45, 2.75) is 17.9 Å². The standard InChI is InChI=1S/C18H18ClNO3S/c1-13(14-7-9-15(19)10-8-14)20-17(21)11-23-18(22)12-24-16-5-3-2-4-6-16/h2-10,13H,11-12H2,1H3,(H,20,21)/t13-/m1/s1. The Hall–Kier alpha value is -1.98. The topological polar surface area (TPSA) is 55.4 Å². The molecule has 2 aromatic rings. The molecule has 0 unspecified atom stereocenters. The van der Waals surface area contributed by atoms with Gasteiger partial charge in [-0.05, 0) is 36.8 Å². The van der Waals surface area contributed by atoms with Crippen LogP contribution in [0.5, 0.6) is 0 Å². The lowest BCUT2D eigenvalue weighted by molar-refractivity contribution is -0.146. The first-order chi connectivity index (χ1) is 11.5. The molecule has 0 aliphatic carbocycles. The third kappa shape index (κ3) is 6.26. The quantitative estimate of drug-likeness (QED) is 0.599. The summed E-state index contributed by atoms with van der Waals surface area (Å²) in [5.41, 5.74) is 0.929. The van der Waals surface area contributed by atoms with Crippen LogP contribution in [0.1, 0.15) is 18.5 Å². The van der Waals surface area contributed by atoms with Gasteiger partial charge in [-0.25, -0.2) is 0 Å². The molecule has 1 atom stereocenters. The third-order valence-corrected chi connectivity index (χ3v) is 4.45. The van der Waals surface area contributed by atoms with Crippen molar-refractivity contribution < 1.29 is 14.3 Å². The van der Waals surface area contributed by atoms with Crippen LogP contribution in [0.2, 0.25) is 5.02 Å². The molecule has 0 saturated carbocycles. The predicted molar refractivity (Wildman–Crippen MR) is 96.1 cm³/mol. The smallest absolute Gasteiger partial charge is 0.316 e. The van der Waals surface area contributed by atoms with E-state index in [2.05, 4.69) is 5.32 Å². The van der Waals surface area contributed by atoms with Gasteiger partial charge in [0.05, 0.1) is 11.8 Å². The number of hydrogen-bond donors (Lipinski definition) is 1. The zero-order valence-corrected chi connectivity index (χ0v) is 14.8. The predicted octanol–water partition coefficient (Wildman–Crippen LogP) is 3.85. The summed E-state index contributed by atoms with van der Waals surface area (Å²) in [4.78, 5) is 24.5. The van der Waals surface area contributed by atoms with Gasteiger partial charge in [0.1, 0.15) is 0 Å². The molecule has 1 amide bonds. The van der Waals surface area contributed by atoms with E-state index >= 15 is 0 Å². The maximum absolute atomic E-state index is 11.9. The monoisotopic (exact) mass is 363 g/mol. The Kier molecular flexibility index (Phi) is 7.15. The molecule has 2 rings (SSSR count). The van der Waals surface area contributed by atoms with Gasteiger partial charge >= 0.3 is 5.97 Å². The summed E-state index contributed by atoms with van der Waals surface area (Å²) in [6.07, 6.45) is 0. The van der Waals surface area contributed by atoms with Crippen LogP contribution in [-0.2, 0) is 14.3 Å². The van der Waals surface area contributed by atoms with E-state index in [9.17, 15) is 9.59 Å². The molecule has 0 aliphatic rings. The van der Waals surface area contributed by atoms with Crippen molar-refractivity contribution in [2.75, 3.05) is 12.4 Å². The number of esters is 1. The second-order valence-corrected chi connectivity index (χ2v) is 6.59. The van der Waals surface area contributed by atoms with E-state index in [-0.39, 0.29) is 24.3 Å². The fraction of sp³-hybridized carbons (Fsp3) is 0.222. The van der Waals surface area contributed by atoms with Gasteiger partial charge in [0.2, 0.25) is 0 Å². The molecular weight excluding hydrogens is 346 g/mol. The zero-order chi connectivity index (χ0) is 17.4. The van der Waals surface area contributed by atoms with Crippen LogP contribution in [0, 0.1) is 0 Å². The summed E-state index contributed by atoms with van der Waals surface area (Å²) < 4.78 is 4.99. The van der Waals surface area contributed by atoms with Crippen molar-refractivity contribution >= 4 is 35.2 Å². The molecule has 0 bridgehead atoms. The Morgan fingerprint density at radius 3 is 2.46 bits per heavy atom. The van der Waals surface area contributed by atoms with E-state index in [0.717, 1.165) is 10.5 Å². The molecule has 6 heteroatoms. The molecule has 126 valence electrons. The third-order valence-electron chi connectivity index (χ3n) is 3.21. The van der Waals surface area contributed by atoms with Crippen LogP contribution in [0.15, 0.2) is 59.5 Å². The maximum Gasteiger partial charge on any atom is 0.316 e.